The fourth-order valence-electron chi connectivity index (χ4n) is 2.18. The average Bonchev–Trinajstić information content (AvgIpc) is 2.38. The summed E-state index contributed by atoms with van der Waals surface area (Å²) in [6, 6.07) is 5.41. The molecule has 0 bridgehead atoms. The van der Waals surface area contributed by atoms with Crippen molar-refractivity contribution in [2.24, 2.45) is 5.92 Å². The Kier molecular flexibility index (Phi) is 5.87. The van der Waals surface area contributed by atoms with Crippen LogP contribution in [0, 0.1) is 5.92 Å². The van der Waals surface area contributed by atoms with Crippen molar-refractivity contribution in [3.63, 3.8) is 0 Å². The molecule has 19 heavy (non-hydrogen) atoms. The van der Waals surface area contributed by atoms with Crippen molar-refractivity contribution in [3.8, 4) is 5.75 Å². The van der Waals surface area contributed by atoms with Crippen molar-refractivity contribution in [1.82, 2.24) is 0 Å². The topological polar surface area (TPSA) is 46.5 Å². The summed E-state index contributed by atoms with van der Waals surface area (Å²) in [5.41, 5.74) is 1.29. The van der Waals surface area contributed by atoms with Gasteiger partial charge in [0.25, 0.3) is 0 Å². The molecule has 0 unspecified atom stereocenters. The molecule has 1 N–H and O–H groups in total. The minimum absolute atomic E-state index is 0.269. The van der Waals surface area contributed by atoms with Crippen LogP contribution in [-0.2, 0) is 0 Å². The number of para-hydroxylation sites is 1. The predicted molar refractivity (Wildman–Crippen MR) is 77.1 cm³/mol. The number of ether oxygens (including phenoxy) is 1. The highest BCUT2D eigenvalue weighted by atomic mass is 16.5. The summed E-state index contributed by atoms with van der Waals surface area (Å²) in [6.45, 7) is 8.89. The molecule has 0 fully saturated rings. The molecule has 0 saturated carbocycles. The highest BCUT2D eigenvalue weighted by Crippen LogP contribution is 2.34. The van der Waals surface area contributed by atoms with Gasteiger partial charge in [-0.05, 0) is 36.3 Å². The Labute approximate surface area is 115 Å². The van der Waals surface area contributed by atoms with Gasteiger partial charge >= 0.3 is 5.97 Å². The van der Waals surface area contributed by atoms with Crippen LogP contribution in [0.2, 0.25) is 0 Å². The van der Waals surface area contributed by atoms with Crippen LogP contribution in [0.5, 0.6) is 5.75 Å². The van der Waals surface area contributed by atoms with E-state index in [9.17, 15) is 9.90 Å². The molecule has 0 aliphatic heterocycles. The zero-order chi connectivity index (χ0) is 14.4. The molecule has 0 heterocycles. The van der Waals surface area contributed by atoms with E-state index in [2.05, 4.69) is 27.7 Å². The summed E-state index contributed by atoms with van der Waals surface area (Å²) < 4.78 is 5.79. The predicted octanol–water partition coefficient (Wildman–Crippen LogP) is 4.32. The molecule has 0 aromatic heterocycles. The monoisotopic (exact) mass is 264 g/mol. The minimum Gasteiger partial charge on any atom is -0.492 e. The lowest BCUT2D eigenvalue weighted by Crippen LogP contribution is -2.12. The summed E-state index contributed by atoms with van der Waals surface area (Å²) in [6.07, 6.45) is 1.97. The Hall–Kier alpha value is -1.51. The average molecular weight is 264 g/mol. The summed E-state index contributed by atoms with van der Waals surface area (Å²) in [7, 11) is 0. The molecule has 3 heteroatoms. The number of aromatic carboxylic acids is 1. The van der Waals surface area contributed by atoms with Gasteiger partial charge < -0.3 is 9.84 Å². The first kappa shape index (κ1) is 15.5. The molecule has 0 aliphatic rings. The Morgan fingerprint density at radius 1 is 1.26 bits per heavy atom. The number of benzene rings is 1. The largest absolute Gasteiger partial charge is 0.492 e. The van der Waals surface area contributed by atoms with E-state index in [1.54, 1.807) is 12.1 Å². The zero-order valence-corrected chi connectivity index (χ0v) is 12.3. The molecule has 0 amide bonds. The first-order valence-electron chi connectivity index (χ1n) is 7.00. The molecule has 0 spiro atoms. The highest BCUT2D eigenvalue weighted by molar-refractivity contribution is 5.91. The molecule has 3 nitrogen and oxygen atoms in total. The van der Waals surface area contributed by atoms with E-state index in [0.717, 1.165) is 18.4 Å². The Morgan fingerprint density at radius 2 is 1.89 bits per heavy atom. The molecular formula is C16H24O3. The Morgan fingerprint density at radius 3 is 2.37 bits per heavy atom. The lowest BCUT2D eigenvalue weighted by atomic mass is 9.91. The van der Waals surface area contributed by atoms with Crippen LogP contribution in [0.25, 0.3) is 0 Å². The van der Waals surface area contributed by atoms with E-state index in [1.807, 2.05) is 6.07 Å². The summed E-state index contributed by atoms with van der Waals surface area (Å²) in [4.78, 5) is 11.3. The minimum atomic E-state index is -0.924. The number of rotatable bonds is 7. The van der Waals surface area contributed by atoms with Crippen LogP contribution in [0.1, 0.15) is 62.4 Å². The van der Waals surface area contributed by atoms with Gasteiger partial charge in [-0.15, -0.1) is 0 Å². The van der Waals surface area contributed by atoms with Crippen molar-refractivity contribution in [2.75, 3.05) is 6.61 Å². The normalized spacial score (nSPS) is 11.1. The molecule has 1 aromatic carbocycles. The SMILES string of the molecule is CCC(CC)c1cccc(C(=O)O)c1OCC(C)C. The first-order valence-corrected chi connectivity index (χ1v) is 7.00. The summed E-state index contributed by atoms with van der Waals surface area (Å²) in [5, 5.41) is 9.30. The third-order valence-electron chi connectivity index (χ3n) is 3.26. The Balaban J connectivity index is 3.20. The second-order valence-electron chi connectivity index (χ2n) is 5.25. The second-order valence-corrected chi connectivity index (χ2v) is 5.25. The number of hydrogen-bond donors (Lipinski definition) is 1. The van der Waals surface area contributed by atoms with Gasteiger partial charge in [0.2, 0.25) is 0 Å². The molecule has 1 rings (SSSR count). The fourth-order valence-corrected chi connectivity index (χ4v) is 2.18. The van der Waals surface area contributed by atoms with Crippen molar-refractivity contribution in [3.05, 3.63) is 29.3 Å². The maximum Gasteiger partial charge on any atom is 0.339 e. The van der Waals surface area contributed by atoms with Crippen LogP contribution >= 0.6 is 0 Å². The number of carboxylic acids is 1. The van der Waals surface area contributed by atoms with E-state index in [1.165, 1.54) is 0 Å². The van der Waals surface area contributed by atoms with Gasteiger partial charge in [0.15, 0.2) is 0 Å². The number of carboxylic acid groups (broad SMARTS) is 1. The smallest absolute Gasteiger partial charge is 0.339 e. The molecule has 1 aromatic rings. The van der Waals surface area contributed by atoms with Crippen molar-refractivity contribution < 1.29 is 14.6 Å². The van der Waals surface area contributed by atoms with Gasteiger partial charge in [0, 0.05) is 0 Å². The van der Waals surface area contributed by atoms with E-state index in [0.29, 0.717) is 24.2 Å². The van der Waals surface area contributed by atoms with Crippen LogP contribution in [0.3, 0.4) is 0 Å². The molecule has 106 valence electrons. The van der Waals surface area contributed by atoms with Crippen molar-refractivity contribution in [2.45, 2.75) is 46.5 Å². The van der Waals surface area contributed by atoms with E-state index in [4.69, 9.17) is 4.74 Å². The van der Waals surface area contributed by atoms with Gasteiger partial charge in [-0.25, -0.2) is 4.79 Å². The van der Waals surface area contributed by atoms with Crippen LogP contribution < -0.4 is 4.74 Å². The fraction of sp³-hybridized carbons (Fsp3) is 0.562. The van der Waals surface area contributed by atoms with Gasteiger partial charge in [-0.3, -0.25) is 0 Å². The quantitative estimate of drug-likeness (QED) is 0.797. The Bertz CT molecular complexity index is 420. The van der Waals surface area contributed by atoms with Crippen molar-refractivity contribution >= 4 is 5.97 Å². The summed E-state index contributed by atoms with van der Waals surface area (Å²) in [5.74, 6) is 0.349. The molecular weight excluding hydrogens is 240 g/mol. The third-order valence-corrected chi connectivity index (χ3v) is 3.26. The van der Waals surface area contributed by atoms with E-state index >= 15 is 0 Å². The maximum atomic E-state index is 11.3. The summed E-state index contributed by atoms with van der Waals surface area (Å²) >= 11 is 0. The van der Waals surface area contributed by atoms with Gasteiger partial charge in [0.05, 0.1) is 6.61 Å². The van der Waals surface area contributed by atoms with Crippen LogP contribution in [-0.4, -0.2) is 17.7 Å². The van der Waals surface area contributed by atoms with Crippen LogP contribution in [0.4, 0.5) is 0 Å². The molecule has 0 aliphatic carbocycles. The second kappa shape index (κ2) is 7.17. The molecule has 0 radical (unpaired) electrons. The van der Waals surface area contributed by atoms with Crippen LogP contribution in [0.15, 0.2) is 18.2 Å². The molecule has 0 saturated heterocycles. The third kappa shape index (κ3) is 3.98. The lowest BCUT2D eigenvalue weighted by molar-refractivity contribution is 0.0691. The van der Waals surface area contributed by atoms with Gasteiger partial charge in [-0.2, -0.15) is 0 Å². The van der Waals surface area contributed by atoms with Crippen molar-refractivity contribution in [1.29, 1.82) is 0 Å². The zero-order valence-electron chi connectivity index (χ0n) is 12.3. The van der Waals surface area contributed by atoms with E-state index in [-0.39, 0.29) is 5.56 Å². The highest BCUT2D eigenvalue weighted by Gasteiger charge is 2.20. The number of carbonyl (C=O) groups is 1. The van der Waals surface area contributed by atoms with E-state index < -0.39 is 5.97 Å². The first-order chi connectivity index (χ1) is 9.01. The van der Waals surface area contributed by atoms with Gasteiger partial charge in [-0.1, -0.05) is 39.8 Å². The standard InChI is InChI=1S/C16H24O3/c1-5-12(6-2)13-8-7-9-14(16(17)18)15(13)19-10-11(3)4/h7-9,11-12H,5-6,10H2,1-4H3,(H,17,18). The number of hydrogen-bond acceptors (Lipinski definition) is 2. The lowest BCUT2D eigenvalue weighted by Gasteiger charge is -2.20. The molecule has 0 atom stereocenters. The maximum absolute atomic E-state index is 11.3. The van der Waals surface area contributed by atoms with Gasteiger partial charge in [0.1, 0.15) is 11.3 Å².